The second-order valence-corrected chi connectivity index (χ2v) is 22.8. The van der Waals surface area contributed by atoms with Gasteiger partial charge in [0, 0.05) is 64.8 Å². The molecule has 7 nitrogen and oxygen atoms in total. The predicted molar refractivity (Wildman–Crippen MR) is 347 cm³/mol. The molecule has 18 rings (SSSR count). The van der Waals surface area contributed by atoms with E-state index in [0.717, 1.165) is 122 Å². The van der Waals surface area contributed by atoms with E-state index in [4.69, 9.17) is 14.4 Å². The topological polar surface area (TPSA) is 57.0 Å². The van der Waals surface area contributed by atoms with Gasteiger partial charge in [-0.15, -0.1) is 0 Å². The van der Waals surface area contributed by atoms with Crippen LogP contribution >= 0.6 is 11.8 Å². The summed E-state index contributed by atoms with van der Waals surface area (Å²) in [6, 6.07) is 100. The lowest BCUT2D eigenvalue weighted by Gasteiger charge is -2.32. The molecule has 0 saturated heterocycles. The SMILES string of the molecule is c1ccc(-c2ccc3c(c2)c2cc(-c4ccc5oc6cccc(-n7c8ccccc8c8ccc9c%10ccccc%10n(-c%10nc(-c%11ccccc%11)cc(N%11c%12ccccc%12Sc%12ccccc%12%11)n%10)c9c87)c6c5c4)ccc2n3-c2ccccc2)cc1. The maximum absolute atomic E-state index is 6.90. The molecule has 0 saturated carbocycles. The van der Waals surface area contributed by atoms with Crippen molar-refractivity contribution >= 4 is 116 Å². The molecule has 0 bridgehead atoms. The molecular weight excluding hydrogens is 1040 g/mol. The molecule has 392 valence electrons. The number of anilines is 3. The summed E-state index contributed by atoms with van der Waals surface area (Å²) in [6.07, 6.45) is 0. The Bertz CT molecular complexity index is 5500. The van der Waals surface area contributed by atoms with Crippen LogP contribution < -0.4 is 4.90 Å². The van der Waals surface area contributed by atoms with Crippen molar-refractivity contribution in [3.63, 3.8) is 0 Å². The van der Waals surface area contributed by atoms with E-state index in [0.29, 0.717) is 5.95 Å². The van der Waals surface area contributed by atoms with Crippen molar-refractivity contribution in [1.82, 2.24) is 23.7 Å². The third-order valence-corrected chi connectivity index (χ3v) is 18.2. The Morgan fingerprint density at radius 1 is 0.310 bits per heavy atom. The summed E-state index contributed by atoms with van der Waals surface area (Å²) in [5, 5.41) is 8.97. The van der Waals surface area contributed by atoms with Gasteiger partial charge in [-0.05, 0) is 119 Å². The quantitative estimate of drug-likeness (QED) is 0.159. The Labute approximate surface area is 486 Å². The van der Waals surface area contributed by atoms with Gasteiger partial charge in [0.2, 0.25) is 5.95 Å². The van der Waals surface area contributed by atoms with Crippen LogP contribution in [0.1, 0.15) is 0 Å². The van der Waals surface area contributed by atoms with Crippen LogP contribution in [-0.4, -0.2) is 23.7 Å². The fraction of sp³-hybridized carbons (Fsp3) is 0. The molecule has 0 atom stereocenters. The van der Waals surface area contributed by atoms with Gasteiger partial charge in [0.05, 0.1) is 61.2 Å². The van der Waals surface area contributed by atoms with Crippen molar-refractivity contribution in [2.24, 2.45) is 0 Å². The minimum Gasteiger partial charge on any atom is -0.456 e. The number of benzene rings is 12. The van der Waals surface area contributed by atoms with Crippen molar-refractivity contribution in [2.75, 3.05) is 4.90 Å². The zero-order chi connectivity index (χ0) is 55.0. The van der Waals surface area contributed by atoms with Gasteiger partial charge in [-0.2, -0.15) is 4.98 Å². The average Bonchev–Trinajstić information content (AvgIpc) is 3.09. The standard InChI is InChI=1S/C76H46N6OS/c1-4-19-47(20-5-1)49-35-40-63-57(43-49)58-44-50(36-41-64(58)79(63)52-23-8-3-9-24-52)51-37-42-68-59(45-51)73-67(31-18-32-69(73)83-68)81-61-27-12-10-25-53(61)55-38-39-56-54-26-11-13-28-62(54)82(75(56)74(55)81)76-77-60(48-21-6-2-7-22-48)46-72(78-76)80-65-29-14-16-33-70(65)84-71-34-17-15-30-66(71)80/h1-46H. The van der Waals surface area contributed by atoms with Crippen LogP contribution in [0.3, 0.4) is 0 Å². The number of aromatic nitrogens is 5. The number of fused-ring (bicyclic) bond motifs is 15. The van der Waals surface area contributed by atoms with Gasteiger partial charge in [0.25, 0.3) is 0 Å². The molecule has 0 spiro atoms. The first kappa shape index (κ1) is 46.8. The fourth-order valence-electron chi connectivity index (χ4n) is 13.3. The molecule has 84 heavy (non-hydrogen) atoms. The van der Waals surface area contributed by atoms with Gasteiger partial charge >= 0.3 is 0 Å². The molecular formula is C76H46N6OS. The van der Waals surface area contributed by atoms with Crippen molar-refractivity contribution in [3.05, 3.63) is 279 Å². The molecule has 1 aliphatic rings. The van der Waals surface area contributed by atoms with Crippen LogP contribution in [0.4, 0.5) is 17.2 Å². The molecule has 0 N–H and O–H groups in total. The first-order chi connectivity index (χ1) is 41.7. The van der Waals surface area contributed by atoms with E-state index in [2.05, 4.69) is 298 Å². The third-order valence-electron chi connectivity index (χ3n) is 17.0. The van der Waals surface area contributed by atoms with E-state index in [1.54, 1.807) is 11.8 Å². The van der Waals surface area contributed by atoms with E-state index in [-0.39, 0.29) is 0 Å². The number of rotatable bonds is 7. The van der Waals surface area contributed by atoms with E-state index in [9.17, 15) is 0 Å². The van der Waals surface area contributed by atoms with Crippen molar-refractivity contribution in [1.29, 1.82) is 0 Å². The van der Waals surface area contributed by atoms with Gasteiger partial charge in [-0.1, -0.05) is 188 Å². The highest BCUT2D eigenvalue weighted by atomic mass is 32.2. The van der Waals surface area contributed by atoms with Crippen molar-refractivity contribution in [2.45, 2.75) is 9.79 Å². The summed E-state index contributed by atoms with van der Waals surface area (Å²) in [4.78, 5) is 16.0. The number of para-hydroxylation sites is 5. The zero-order valence-electron chi connectivity index (χ0n) is 45.1. The normalized spacial score (nSPS) is 12.5. The van der Waals surface area contributed by atoms with E-state index < -0.39 is 0 Å². The highest BCUT2D eigenvalue weighted by Gasteiger charge is 2.29. The molecule has 8 heteroatoms. The van der Waals surface area contributed by atoms with Crippen LogP contribution in [-0.2, 0) is 0 Å². The lowest BCUT2D eigenvalue weighted by Crippen LogP contribution is -2.17. The van der Waals surface area contributed by atoms with E-state index in [1.807, 2.05) is 0 Å². The number of hydrogen-bond acceptors (Lipinski definition) is 5. The monoisotopic (exact) mass is 1090 g/mol. The summed E-state index contributed by atoms with van der Waals surface area (Å²) >= 11 is 1.79. The lowest BCUT2D eigenvalue weighted by atomic mass is 9.99. The van der Waals surface area contributed by atoms with Crippen LogP contribution in [0.5, 0.6) is 0 Å². The van der Waals surface area contributed by atoms with Crippen LogP contribution in [0.2, 0.25) is 0 Å². The molecule has 0 aliphatic carbocycles. The van der Waals surface area contributed by atoms with E-state index in [1.165, 1.54) is 37.2 Å². The largest absolute Gasteiger partial charge is 0.456 e. The first-order valence-electron chi connectivity index (χ1n) is 28.4. The van der Waals surface area contributed by atoms with Gasteiger partial charge in [0.15, 0.2) is 0 Å². The first-order valence-corrected chi connectivity index (χ1v) is 29.2. The van der Waals surface area contributed by atoms with Gasteiger partial charge in [-0.25, -0.2) is 4.98 Å². The fourth-order valence-corrected chi connectivity index (χ4v) is 14.4. The van der Waals surface area contributed by atoms with Crippen LogP contribution in [0.25, 0.3) is 138 Å². The summed E-state index contributed by atoms with van der Waals surface area (Å²) < 4.78 is 14.1. The smallest absolute Gasteiger partial charge is 0.237 e. The summed E-state index contributed by atoms with van der Waals surface area (Å²) in [5.74, 6) is 1.35. The predicted octanol–water partition coefficient (Wildman–Crippen LogP) is 20.6. The Hall–Kier alpha value is -10.9. The van der Waals surface area contributed by atoms with Gasteiger partial charge < -0.3 is 13.6 Å². The highest BCUT2D eigenvalue weighted by molar-refractivity contribution is 7.99. The second-order valence-electron chi connectivity index (χ2n) is 21.7. The Morgan fingerprint density at radius 3 is 1.49 bits per heavy atom. The maximum Gasteiger partial charge on any atom is 0.237 e. The molecule has 0 radical (unpaired) electrons. The molecule has 6 heterocycles. The second kappa shape index (κ2) is 18.3. The van der Waals surface area contributed by atoms with E-state index >= 15 is 0 Å². The molecule has 12 aromatic carbocycles. The molecule has 5 aromatic heterocycles. The average molecular weight is 1090 g/mol. The Balaban J connectivity index is 0.884. The zero-order valence-corrected chi connectivity index (χ0v) is 45.9. The Morgan fingerprint density at radius 2 is 0.821 bits per heavy atom. The summed E-state index contributed by atoms with van der Waals surface area (Å²) in [7, 11) is 0. The number of furan rings is 1. The third kappa shape index (κ3) is 7.01. The van der Waals surface area contributed by atoms with Gasteiger partial charge in [-0.3, -0.25) is 9.47 Å². The summed E-state index contributed by atoms with van der Waals surface area (Å²) in [5.41, 5.74) is 18.9. The molecule has 0 unspecified atom stereocenters. The highest BCUT2D eigenvalue weighted by Crippen LogP contribution is 2.52. The molecule has 0 amide bonds. The van der Waals surface area contributed by atoms with Crippen molar-refractivity contribution < 1.29 is 4.42 Å². The molecule has 0 fully saturated rings. The number of nitrogens with zero attached hydrogens (tertiary/aromatic N) is 6. The summed E-state index contributed by atoms with van der Waals surface area (Å²) in [6.45, 7) is 0. The van der Waals surface area contributed by atoms with Crippen molar-refractivity contribution in [3.8, 4) is 50.8 Å². The minimum absolute atomic E-state index is 0.576. The lowest BCUT2D eigenvalue weighted by molar-refractivity contribution is 0.669. The molecule has 1 aliphatic heterocycles. The molecule has 17 aromatic rings. The Kier molecular flexibility index (Phi) is 10.2. The number of hydrogen-bond donors (Lipinski definition) is 0. The van der Waals surface area contributed by atoms with Crippen LogP contribution in [0, 0.1) is 0 Å². The van der Waals surface area contributed by atoms with Crippen LogP contribution in [0.15, 0.2) is 293 Å². The minimum atomic E-state index is 0.576. The maximum atomic E-state index is 6.90. The van der Waals surface area contributed by atoms with Gasteiger partial charge in [0.1, 0.15) is 17.0 Å².